The van der Waals surface area contributed by atoms with Crippen molar-refractivity contribution in [1.82, 2.24) is 0 Å². The number of amides is 2. The number of methoxy groups -OCH3 is 1. The van der Waals surface area contributed by atoms with Gasteiger partial charge in [-0.3, -0.25) is 9.59 Å². The monoisotopic (exact) mass is 493 g/mol. The smallest absolute Gasteiger partial charge is 0.255 e. The Kier molecular flexibility index (Phi) is 7.36. The van der Waals surface area contributed by atoms with Crippen molar-refractivity contribution in [3.63, 3.8) is 0 Å². The van der Waals surface area contributed by atoms with Crippen LogP contribution in [0.4, 0.5) is 17.1 Å². The van der Waals surface area contributed by atoms with E-state index in [-0.39, 0.29) is 35.9 Å². The summed E-state index contributed by atoms with van der Waals surface area (Å²) in [5.41, 5.74) is 2.47. The lowest BCUT2D eigenvalue weighted by Gasteiger charge is -2.28. The summed E-state index contributed by atoms with van der Waals surface area (Å²) in [5.74, 6) is 0.274. The van der Waals surface area contributed by atoms with E-state index in [1.165, 1.54) is 0 Å². The van der Waals surface area contributed by atoms with Gasteiger partial charge in [-0.15, -0.1) is 0 Å². The number of rotatable bonds is 8. The molecule has 2 N–H and O–H groups in total. The SMILES string of the molecule is COc1ccc(NC(=O)c2ccc(NCC(=O)N(c3ccccc3)C3CCS(=O)(=O)C3)cc2)cc1. The standard InChI is InChI=1S/C26H27N3O5S/c1-34-24-13-11-21(12-14-24)28-26(31)19-7-9-20(10-8-19)27-17-25(30)29(22-5-3-2-4-6-22)23-15-16-35(32,33)18-23/h2-14,23,27H,15-18H2,1H3,(H,28,31). The highest BCUT2D eigenvalue weighted by Gasteiger charge is 2.35. The Morgan fingerprint density at radius 2 is 1.60 bits per heavy atom. The van der Waals surface area contributed by atoms with E-state index in [9.17, 15) is 18.0 Å². The summed E-state index contributed by atoms with van der Waals surface area (Å²) in [6.45, 7) is -0.0111. The number of sulfone groups is 1. The fourth-order valence-corrected chi connectivity index (χ4v) is 5.71. The van der Waals surface area contributed by atoms with Gasteiger partial charge < -0.3 is 20.3 Å². The first-order chi connectivity index (χ1) is 16.8. The van der Waals surface area contributed by atoms with Crippen molar-refractivity contribution in [2.45, 2.75) is 12.5 Å². The third kappa shape index (κ3) is 6.19. The zero-order valence-corrected chi connectivity index (χ0v) is 20.1. The van der Waals surface area contributed by atoms with Crippen LogP contribution in [0.15, 0.2) is 78.9 Å². The second-order valence-electron chi connectivity index (χ2n) is 8.27. The molecular weight excluding hydrogens is 466 g/mol. The Morgan fingerprint density at radius 3 is 2.20 bits per heavy atom. The summed E-state index contributed by atoms with van der Waals surface area (Å²) in [4.78, 5) is 27.2. The van der Waals surface area contributed by atoms with Crippen molar-refractivity contribution in [1.29, 1.82) is 0 Å². The molecule has 1 aliphatic heterocycles. The molecule has 182 valence electrons. The number of nitrogens with one attached hydrogen (secondary N) is 2. The quantitative estimate of drug-likeness (QED) is 0.497. The molecule has 35 heavy (non-hydrogen) atoms. The van der Waals surface area contributed by atoms with Gasteiger partial charge in [0.25, 0.3) is 5.91 Å². The van der Waals surface area contributed by atoms with Gasteiger partial charge in [0.2, 0.25) is 5.91 Å². The number of hydrogen-bond acceptors (Lipinski definition) is 6. The van der Waals surface area contributed by atoms with Gasteiger partial charge >= 0.3 is 0 Å². The maximum absolute atomic E-state index is 13.1. The minimum Gasteiger partial charge on any atom is -0.497 e. The first-order valence-electron chi connectivity index (χ1n) is 11.2. The Morgan fingerprint density at radius 1 is 0.943 bits per heavy atom. The molecule has 8 nitrogen and oxygen atoms in total. The average molecular weight is 494 g/mol. The predicted octanol–water partition coefficient (Wildman–Crippen LogP) is 3.58. The summed E-state index contributed by atoms with van der Waals surface area (Å²) in [5, 5.41) is 5.91. The van der Waals surface area contributed by atoms with E-state index >= 15 is 0 Å². The number of nitrogens with zero attached hydrogens (tertiary/aromatic N) is 1. The lowest BCUT2D eigenvalue weighted by atomic mass is 10.1. The molecule has 3 aromatic carbocycles. The van der Waals surface area contributed by atoms with E-state index in [4.69, 9.17) is 4.74 Å². The summed E-state index contributed by atoms with van der Waals surface area (Å²) in [6, 6.07) is 22.5. The highest BCUT2D eigenvalue weighted by molar-refractivity contribution is 7.91. The minimum atomic E-state index is -3.15. The molecule has 1 atom stereocenters. The van der Waals surface area contributed by atoms with Crippen LogP contribution in [0, 0.1) is 0 Å². The third-order valence-electron chi connectivity index (χ3n) is 5.82. The molecule has 1 heterocycles. The molecular formula is C26H27N3O5S. The van der Waals surface area contributed by atoms with Gasteiger partial charge in [0.1, 0.15) is 5.75 Å². The third-order valence-corrected chi connectivity index (χ3v) is 7.57. The molecule has 0 aliphatic carbocycles. The zero-order chi connectivity index (χ0) is 24.8. The van der Waals surface area contributed by atoms with Gasteiger partial charge in [0.05, 0.1) is 31.2 Å². The van der Waals surface area contributed by atoms with Crippen molar-refractivity contribution < 1.29 is 22.7 Å². The summed E-state index contributed by atoms with van der Waals surface area (Å²) in [6.07, 6.45) is 0.418. The maximum Gasteiger partial charge on any atom is 0.255 e. The first-order valence-corrected chi connectivity index (χ1v) is 13.0. The fourth-order valence-electron chi connectivity index (χ4n) is 4.01. The topological polar surface area (TPSA) is 105 Å². The van der Waals surface area contributed by atoms with Crippen LogP contribution in [0.5, 0.6) is 5.75 Å². The number of hydrogen-bond donors (Lipinski definition) is 2. The Hall–Kier alpha value is -3.85. The molecule has 3 aromatic rings. The van der Waals surface area contributed by atoms with Gasteiger partial charge in [-0.1, -0.05) is 18.2 Å². The second-order valence-corrected chi connectivity index (χ2v) is 10.5. The lowest BCUT2D eigenvalue weighted by molar-refractivity contribution is -0.117. The molecule has 1 fully saturated rings. The van der Waals surface area contributed by atoms with Crippen LogP contribution < -0.4 is 20.3 Å². The fraction of sp³-hybridized carbons (Fsp3) is 0.231. The van der Waals surface area contributed by atoms with Gasteiger partial charge in [0, 0.05) is 22.6 Å². The van der Waals surface area contributed by atoms with E-state index in [2.05, 4.69) is 10.6 Å². The average Bonchev–Trinajstić information content (AvgIpc) is 3.23. The molecule has 1 saturated heterocycles. The van der Waals surface area contributed by atoms with Crippen molar-refractivity contribution in [2.75, 3.05) is 40.7 Å². The molecule has 0 spiro atoms. The maximum atomic E-state index is 13.1. The van der Waals surface area contributed by atoms with Crippen LogP contribution in [0.2, 0.25) is 0 Å². The van der Waals surface area contributed by atoms with Crippen LogP contribution in [0.1, 0.15) is 16.8 Å². The van der Waals surface area contributed by atoms with Crippen LogP contribution in [0.3, 0.4) is 0 Å². The lowest BCUT2D eigenvalue weighted by Crippen LogP contribution is -2.44. The molecule has 1 aliphatic rings. The van der Waals surface area contributed by atoms with Gasteiger partial charge in [0.15, 0.2) is 9.84 Å². The van der Waals surface area contributed by atoms with E-state index in [0.29, 0.717) is 34.8 Å². The van der Waals surface area contributed by atoms with Crippen LogP contribution >= 0.6 is 0 Å². The van der Waals surface area contributed by atoms with Crippen molar-refractivity contribution in [3.05, 3.63) is 84.4 Å². The Bertz CT molecular complexity index is 1280. The summed E-state index contributed by atoms with van der Waals surface area (Å²) >= 11 is 0. The van der Waals surface area contributed by atoms with E-state index in [0.717, 1.165) is 0 Å². The van der Waals surface area contributed by atoms with Crippen LogP contribution in [-0.2, 0) is 14.6 Å². The molecule has 0 bridgehead atoms. The van der Waals surface area contributed by atoms with Crippen LogP contribution in [-0.4, -0.2) is 51.4 Å². The largest absolute Gasteiger partial charge is 0.497 e. The predicted molar refractivity (Wildman–Crippen MR) is 137 cm³/mol. The molecule has 0 aromatic heterocycles. The van der Waals surface area contributed by atoms with Gasteiger partial charge in [-0.25, -0.2) is 8.42 Å². The van der Waals surface area contributed by atoms with Crippen molar-refractivity contribution in [3.8, 4) is 5.75 Å². The number of carbonyl (C=O) groups is 2. The van der Waals surface area contributed by atoms with E-state index in [1.54, 1.807) is 72.7 Å². The van der Waals surface area contributed by atoms with Gasteiger partial charge in [-0.2, -0.15) is 0 Å². The highest BCUT2D eigenvalue weighted by Crippen LogP contribution is 2.25. The molecule has 0 saturated carbocycles. The highest BCUT2D eigenvalue weighted by atomic mass is 32.2. The molecule has 4 rings (SSSR count). The van der Waals surface area contributed by atoms with Crippen molar-refractivity contribution in [2.24, 2.45) is 0 Å². The molecule has 0 radical (unpaired) electrons. The first kappa shape index (κ1) is 24.3. The zero-order valence-electron chi connectivity index (χ0n) is 19.3. The number of carbonyl (C=O) groups excluding carboxylic acids is 2. The number of ether oxygens (including phenoxy) is 1. The number of benzene rings is 3. The second kappa shape index (κ2) is 10.6. The normalized spacial score (nSPS) is 16.3. The number of para-hydroxylation sites is 1. The molecule has 9 heteroatoms. The summed E-state index contributed by atoms with van der Waals surface area (Å²) < 4.78 is 29.2. The Labute approximate surface area is 204 Å². The summed E-state index contributed by atoms with van der Waals surface area (Å²) in [7, 11) is -1.57. The van der Waals surface area contributed by atoms with E-state index in [1.807, 2.05) is 18.2 Å². The Balaban J connectivity index is 1.38. The van der Waals surface area contributed by atoms with Crippen LogP contribution in [0.25, 0.3) is 0 Å². The van der Waals surface area contributed by atoms with E-state index < -0.39 is 9.84 Å². The van der Waals surface area contributed by atoms with Crippen molar-refractivity contribution >= 4 is 38.7 Å². The van der Waals surface area contributed by atoms with Gasteiger partial charge in [-0.05, 0) is 67.1 Å². The molecule has 2 amide bonds. The number of anilines is 3. The molecule has 1 unspecified atom stereocenters. The minimum absolute atomic E-state index is 0.0111.